The second-order valence-corrected chi connectivity index (χ2v) is 4.38. The van der Waals surface area contributed by atoms with E-state index in [-0.39, 0.29) is 5.84 Å². The lowest BCUT2D eigenvalue weighted by atomic mass is 10.2. The van der Waals surface area contributed by atoms with E-state index in [9.17, 15) is 4.79 Å². The molecule has 0 radical (unpaired) electrons. The summed E-state index contributed by atoms with van der Waals surface area (Å²) in [6.45, 7) is 0.462. The van der Waals surface area contributed by atoms with Crippen molar-refractivity contribution < 1.29 is 10.0 Å². The number of primary amides is 1. The highest BCUT2D eigenvalue weighted by atomic mass is 16.4. The van der Waals surface area contributed by atoms with E-state index in [0.717, 1.165) is 10.9 Å². The van der Waals surface area contributed by atoms with Gasteiger partial charge in [0.25, 0.3) is 0 Å². The van der Waals surface area contributed by atoms with E-state index in [2.05, 4.69) is 10.1 Å². The van der Waals surface area contributed by atoms with Crippen LogP contribution in [-0.2, 0) is 4.79 Å². The van der Waals surface area contributed by atoms with E-state index >= 15 is 0 Å². The Hall–Kier alpha value is -2.63. The number of hydrogen-bond donors (Lipinski definition) is 2. The van der Waals surface area contributed by atoms with Gasteiger partial charge in [-0.2, -0.15) is 0 Å². The summed E-state index contributed by atoms with van der Waals surface area (Å²) in [7, 11) is 0. The Morgan fingerprint density at radius 2 is 2.16 bits per heavy atom. The number of para-hydroxylation sites is 1. The number of nitrogens with zero attached hydrogens (tertiary/aromatic N) is 3. The Labute approximate surface area is 109 Å². The van der Waals surface area contributed by atoms with Gasteiger partial charge in [0.05, 0.1) is 5.52 Å². The molecular weight excluding hydrogens is 244 g/mol. The molecule has 2 heterocycles. The van der Waals surface area contributed by atoms with Crippen LogP contribution in [0.5, 0.6) is 0 Å². The molecule has 96 valence electrons. The highest BCUT2D eigenvalue weighted by molar-refractivity contribution is 6.03. The molecule has 0 aliphatic carbocycles. The van der Waals surface area contributed by atoms with Gasteiger partial charge >= 0.3 is 0 Å². The molecule has 1 fully saturated rings. The Kier molecular flexibility index (Phi) is 2.56. The van der Waals surface area contributed by atoms with Gasteiger partial charge in [0.2, 0.25) is 5.91 Å². The van der Waals surface area contributed by atoms with Crippen molar-refractivity contribution in [2.45, 2.75) is 6.04 Å². The molecule has 0 bridgehead atoms. The predicted octanol–water partition coefficient (Wildman–Crippen LogP) is 0.540. The zero-order valence-electron chi connectivity index (χ0n) is 10.0. The number of rotatable bonds is 2. The van der Waals surface area contributed by atoms with E-state index < -0.39 is 11.9 Å². The van der Waals surface area contributed by atoms with E-state index in [4.69, 9.17) is 10.9 Å². The number of amides is 1. The van der Waals surface area contributed by atoms with Crippen LogP contribution in [0.1, 0.15) is 5.69 Å². The molecule has 0 spiro atoms. The number of pyridine rings is 1. The first-order chi connectivity index (χ1) is 9.20. The van der Waals surface area contributed by atoms with Crippen LogP contribution in [0.4, 0.5) is 0 Å². The number of amidine groups is 1. The fourth-order valence-electron chi connectivity index (χ4n) is 2.06. The van der Waals surface area contributed by atoms with Crippen molar-refractivity contribution in [2.75, 3.05) is 6.54 Å². The first-order valence-corrected chi connectivity index (χ1v) is 5.85. The van der Waals surface area contributed by atoms with Crippen molar-refractivity contribution in [1.29, 1.82) is 0 Å². The number of fused-ring (bicyclic) bond motifs is 1. The fraction of sp³-hybridized carbons (Fsp3) is 0.154. The molecular formula is C13H12N4O2. The lowest BCUT2D eigenvalue weighted by Gasteiger charge is -2.07. The van der Waals surface area contributed by atoms with Gasteiger partial charge in [-0.05, 0) is 12.1 Å². The molecule has 1 unspecified atom stereocenters. The fourth-order valence-corrected chi connectivity index (χ4v) is 2.06. The molecule has 1 aromatic heterocycles. The third kappa shape index (κ3) is 1.97. The molecule has 1 aliphatic heterocycles. The molecule has 1 saturated heterocycles. The number of carbonyl (C=O) groups is 1. The Morgan fingerprint density at radius 3 is 2.84 bits per heavy atom. The smallest absolute Gasteiger partial charge is 0.242 e. The molecule has 3 rings (SSSR count). The Balaban J connectivity index is 1.97. The molecule has 19 heavy (non-hydrogen) atoms. The minimum atomic E-state index is -0.429. The zero-order chi connectivity index (χ0) is 13.4. The van der Waals surface area contributed by atoms with Crippen molar-refractivity contribution in [3.05, 3.63) is 42.1 Å². The molecule has 1 amide bonds. The summed E-state index contributed by atoms with van der Waals surface area (Å²) in [6.07, 6.45) is 0. The lowest BCUT2D eigenvalue weighted by molar-refractivity contribution is -0.117. The first kappa shape index (κ1) is 11.5. The average molecular weight is 256 g/mol. The van der Waals surface area contributed by atoms with Crippen LogP contribution in [0.15, 0.2) is 41.6 Å². The van der Waals surface area contributed by atoms with Gasteiger partial charge in [0.1, 0.15) is 11.7 Å². The van der Waals surface area contributed by atoms with Crippen LogP contribution in [0, 0.1) is 0 Å². The zero-order valence-corrected chi connectivity index (χ0v) is 10.0. The molecule has 1 aromatic carbocycles. The van der Waals surface area contributed by atoms with Gasteiger partial charge in [-0.3, -0.25) is 4.79 Å². The summed E-state index contributed by atoms with van der Waals surface area (Å²) in [5.74, 6) is -0.156. The number of aromatic nitrogens is 1. The highest BCUT2D eigenvalue weighted by Crippen LogP contribution is 2.22. The number of nitrogens with two attached hydrogens (primary N) is 1. The van der Waals surface area contributed by atoms with Gasteiger partial charge in [0.15, 0.2) is 5.84 Å². The third-order valence-electron chi connectivity index (χ3n) is 3.13. The molecule has 1 aliphatic rings. The van der Waals surface area contributed by atoms with Gasteiger partial charge < -0.3 is 15.8 Å². The lowest BCUT2D eigenvalue weighted by Crippen LogP contribution is -2.25. The van der Waals surface area contributed by atoms with Crippen molar-refractivity contribution in [3.63, 3.8) is 0 Å². The number of oxime groups is 1. The number of hydrogen-bond acceptors (Lipinski definition) is 4. The molecule has 3 N–H and O–H groups in total. The topological polar surface area (TPSA) is 91.6 Å². The second kappa shape index (κ2) is 4.24. The maximum absolute atomic E-state index is 11.1. The van der Waals surface area contributed by atoms with Crippen molar-refractivity contribution >= 4 is 22.6 Å². The normalized spacial score (nSPS) is 18.6. The minimum Gasteiger partial charge on any atom is -0.409 e. The van der Waals surface area contributed by atoms with Crippen LogP contribution >= 0.6 is 0 Å². The minimum absolute atomic E-state index is 0.273. The van der Waals surface area contributed by atoms with Crippen LogP contribution in [0.3, 0.4) is 0 Å². The van der Waals surface area contributed by atoms with Gasteiger partial charge in [-0.1, -0.05) is 29.4 Å². The SMILES string of the molecule is NC(=O)C1CN1C(=NO)c1ccc2ccccc2n1. The number of carbonyl (C=O) groups excluding carboxylic acids is 1. The summed E-state index contributed by atoms with van der Waals surface area (Å²) >= 11 is 0. The molecule has 6 heteroatoms. The molecule has 2 aromatic rings. The third-order valence-corrected chi connectivity index (χ3v) is 3.13. The summed E-state index contributed by atoms with van der Waals surface area (Å²) in [4.78, 5) is 17.1. The Bertz CT molecular complexity index is 683. The maximum atomic E-state index is 11.1. The van der Waals surface area contributed by atoms with E-state index in [1.165, 1.54) is 0 Å². The predicted molar refractivity (Wildman–Crippen MR) is 69.8 cm³/mol. The molecule has 1 atom stereocenters. The van der Waals surface area contributed by atoms with Crippen LogP contribution in [-0.4, -0.2) is 39.4 Å². The standard InChI is InChI=1S/C13H12N4O2/c14-12(18)11-7-17(11)13(16-19)10-6-5-8-3-1-2-4-9(8)15-10/h1-6,11,19H,7H2,(H2,14,18). The van der Waals surface area contributed by atoms with Crippen molar-refractivity contribution in [2.24, 2.45) is 10.9 Å². The summed E-state index contributed by atoms with van der Waals surface area (Å²) < 4.78 is 0. The van der Waals surface area contributed by atoms with Gasteiger partial charge in [-0.25, -0.2) is 4.98 Å². The van der Waals surface area contributed by atoms with Gasteiger partial charge in [0, 0.05) is 11.9 Å². The van der Waals surface area contributed by atoms with E-state index in [1.807, 2.05) is 30.3 Å². The summed E-state index contributed by atoms with van der Waals surface area (Å²) in [6, 6.07) is 10.9. The highest BCUT2D eigenvalue weighted by Gasteiger charge is 2.42. The van der Waals surface area contributed by atoms with Crippen molar-refractivity contribution in [1.82, 2.24) is 9.88 Å². The Morgan fingerprint density at radius 1 is 1.37 bits per heavy atom. The number of benzene rings is 1. The largest absolute Gasteiger partial charge is 0.409 e. The van der Waals surface area contributed by atoms with Crippen molar-refractivity contribution in [3.8, 4) is 0 Å². The quantitative estimate of drug-likeness (QED) is 0.270. The molecule has 6 nitrogen and oxygen atoms in total. The second-order valence-electron chi connectivity index (χ2n) is 4.38. The van der Waals surface area contributed by atoms with Crippen LogP contribution < -0.4 is 5.73 Å². The first-order valence-electron chi connectivity index (χ1n) is 5.85. The summed E-state index contributed by atoms with van der Waals surface area (Å²) in [5, 5.41) is 13.3. The molecule has 0 saturated carbocycles. The van der Waals surface area contributed by atoms with E-state index in [1.54, 1.807) is 11.0 Å². The maximum Gasteiger partial charge on any atom is 0.242 e. The monoisotopic (exact) mass is 256 g/mol. The summed E-state index contributed by atoms with van der Waals surface area (Å²) in [5.41, 5.74) is 6.53. The van der Waals surface area contributed by atoms with Crippen LogP contribution in [0.2, 0.25) is 0 Å². The van der Waals surface area contributed by atoms with Gasteiger partial charge in [-0.15, -0.1) is 0 Å². The average Bonchev–Trinajstić information content (AvgIpc) is 3.20. The van der Waals surface area contributed by atoms with E-state index in [0.29, 0.717) is 12.2 Å². The van der Waals surface area contributed by atoms with Crippen LogP contribution in [0.25, 0.3) is 10.9 Å².